The van der Waals surface area contributed by atoms with Crippen molar-refractivity contribution >= 4 is 11.6 Å². The Morgan fingerprint density at radius 2 is 2.26 bits per heavy atom. The molecule has 0 saturated carbocycles. The minimum absolute atomic E-state index is 0.0286. The first-order valence-electron chi connectivity index (χ1n) is 7.47. The second-order valence-corrected chi connectivity index (χ2v) is 5.50. The molecular weight excluding hydrogens is 297 g/mol. The standard InChI is InChI=1S/C17H18FN3O2/c1-21-9-7-15(17(21)22)20-12-5-6-16(14(18)10-12)23-11-13-4-2-3-8-19-13/h2-6,8,10,15,20H,7,9,11H2,1H3/t15-/m1/s1. The largest absolute Gasteiger partial charge is 0.484 e. The Balaban J connectivity index is 1.63. The third-order valence-electron chi connectivity index (χ3n) is 3.80. The molecule has 1 fully saturated rings. The number of pyridine rings is 1. The molecule has 5 nitrogen and oxygen atoms in total. The molecule has 3 rings (SSSR count). The molecule has 0 unspecified atom stereocenters. The molecular formula is C17H18FN3O2. The van der Waals surface area contributed by atoms with Gasteiger partial charge >= 0.3 is 0 Å². The van der Waals surface area contributed by atoms with Gasteiger partial charge in [0.05, 0.1) is 5.69 Å². The van der Waals surface area contributed by atoms with Gasteiger partial charge in [-0.1, -0.05) is 6.07 Å². The van der Waals surface area contributed by atoms with E-state index in [1.807, 2.05) is 18.2 Å². The van der Waals surface area contributed by atoms with Crippen molar-refractivity contribution in [1.29, 1.82) is 0 Å². The maximum Gasteiger partial charge on any atom is 0.244 e. The van der Waals surface area contributed by atoms with Gasteiger partial charge in [-0.05, 0) is 30.7 Å². The van der Waals surface area contributed by atoms with E-state index in [0.717, 1.165) is 12.1 Å². The van der Waals surface area contributed by atoms with Crippen LogP contribution in [0.25, 0.3) is 0 Å². The average Bonchev–Trinajstić information content (AvgIpc) is 2.87. The first-order valence-corrected chi connectivity index (χ1v) is 7.47. The van der Waals surface area contributed by atoms with Crippen molar-refractivity contribution in [2.24, 2.45) is 0 Å². The number of carbonyl (C=O) groups excluding carboxylic acids is 1. The molecule has 1 atom stereocenters. The summed E-state index contributed by atoms with van der Waals surface area (Å²) in [7, 11) is 1.76. The second-order valence-electron chi connectivity index (χ2n) is 5.50. The van der Waals surface area contributed by atoms with Gasteiger partial charge in [-0.2, -0.15) is 0 Å². The second kappa shape index (κ2) is 6.64. The van der Waals surface area contributed by atoms with Crippen LogP contribution in [0.5, 0.6) is 5.75 Å². The molecule has 1 N–H and O–H groups in total. The van der Waals surface area contributed by atoms with Crippen LogP contribution in [-0.4, -0.2) is 35.4 Å². The number of halogens is 1. The van der Waals surface area contributed by atoms with E-state index >= 15 is 0 Å². The summed E-state index contributed by atoms with van der Waals surface area (Å²) < 4.78 is 19.6. The minimum Gasteiger partial charge on any atom is -0.484 e. The molecule has 2 aromatic rings. The lowest BCUT2D eigenvalue weighted by molar-refractivity contribution is -0.127. The summed E-state index contributed by atoms with van der Waals surface area (Å²) in [6, 6.07) is 9.80. The maximum atomic E-state index is 14.1. The molecule has 6 heteroatoms. The average molecular weight is 315 g/mol. The topological polar surface area (TPSA) is 54.5 Å². The molecule has 1 aromatic heterocycles. The lowest BCUT2D eigenvalue weighted by Gasteiger charge is -2.14. The number of rotatable bonds is 5. The number of benzene rings is 1. The molecule has 1 aliphatic heterocycles. The van der Waals surface area contributed by atoms with Gasteiger partial charge in [0.15, 0.2) is 11.6 Å². The molecule has 0 aliphatic carbocycles. The zero-order valence-corrected chi connectivity index (χ0v) is 12.8. The smallest absolute Gasteiger partial charge is 0.244 e. The molecule has 0 spiro atoms. The number of aromatic nitrogens is 1. The first-order chi connectivity index (χ1) is 11.1. The van der Waals surface area contributed by atoms with Crippen LogP contribution in [0.4, 0.5) is 10.1 Å². The van der Waals surface area contributed by atoms with E-state index in [0.29, 0.717) is 12.2 Å². The normalized spacial score (nSPS) is 17.4. The van der Waals surface area contributed by atoms with Gasteiger partial charge in [0.2, 0.25) is 5.91 Å². The molecule has 120 valence electrons. The number of hydrogen-bond acceptors (Lipinski definition) is 4. The number of carbonyl (C=O) groups is 1. The van der Waals surface area contributed by atoms with E-state index < -0.39 is 5.82 Å². The predicted molar refractivity (Wildman–Crippen MR) is 84.6 cm³/mol. The van der Waals surface area contributed by atoms with E-state index in [9.17, 15) is 9.18 Å². The number of nitrogens with zero attached hydrogens (tertiary/aromatic N) is 2. The molecule has 1 saturated heterocycles. The lowest BCUT2D eigenvalue weighted by atomic mass is 10.2. The van der Waals surface area contributed by atoms with Gasteiger partial charge < -0.3 is 15.0 Å². The molecule has 2 heterocycles. The van der Waals surface area contributed by atoms with E-state index in [1.165, 1.54) is 6.07 Å². The van der Waals surface area contributed by atoms with Crippen LogP contribution in [0.1, 0.15) is 12.1 Å². The Labute approximate surface area is 134 Å². The maximum absolute atomic E-state index is 14.1. The summed E-state index contributed by atoms with van der Waals surface area (Å²) in [5.74, 6) is -0.276. The van der Waals surface area contributed by atoms with Crippen LogP contribution in [0.2, 0.25) is 0 Å². The van der Waals surface area contributed by atoms with Crippen LogP contribution in [-0.2, 0) is 11.4 Å². The van der Waals surface area contributed by atoms with Gasteiger partial charge in [0, 0.05) is 31.5 Å². The molecule has 0 bridgehead atoms. The fourth-order valence-electron chi connectivity index (χ4n) is 2.50. The van der Waals surface area contributed by atoms with Crippen molar-refractivity contribution in [3.8, 4) is 5.75 Å². The van der Waals surface area contributed by atoms with E-state index in [-0.39, 0.29) is 24.3 Å². The quantitative estimate of drug-likeness (QED) is 0.921. The van der Waals surface area contributed by atoms with Crippen LogP contribution in [0.15, 0.2) is 42.6 Å². The minimum atomic E-state index is -0.468. The summed E-state index contributed by atoms with van der Waals surface area (Å²) >= 11 is 0. The first kappa shape index (κ1) is 15.3. The van der Waals surface area contributed by atoms with Crippen molar-refractivity contribution in [2.45, 2.75) is 19.1 Å². The van der Waals surface area contributed by atoms with Gasteiger partial charge in [0.1, 0.15) is 12.6 Å². The SMILES string of the molecule is CN1CC[C@@H](Nc2ccc(OCc3ccccn3)c(F)c2)C1=O. The highest BCUT2D eigenvalue weighted by atomic mass is 19.1. The summed E-state index contributed by atoms with van der Waals surface area (Å²) in [6.45, 7) is 0.917. The molecule has 0 radical (unpaired) electrons. The summed E-state index contributed by atoms with van der Waals surface area (Å²) in [4.78, 5) is 17.6. The Morgan fingerprint density at radius 3 is 2.91 bits per heavy atom. The number of ether oxygens (including phenoxy) is 1. The van der Waals surface area contributed by atoms with Crippen molar-refractivity contribution in [1.82, 2.24) is 9.88 Å². The molecule has 1 aromatic carbocycles. The molecule has 23 heavy (non-hydrogen) atoms. The number of likely N-dealkylation sites (tertiary alicyclic amines) is 1. The number of amides is 1. The van der Waals surface area contributed by atoms with Crippen molar-refractivity contribution in [2.75, 3.05) is 18.9 Å². The fraction of sp³-hybridized carbons (Fsp3) is 0.294. The van der Waals surface area contributed by atoms with Crippen molar-refractivity contribution in [3.05, 3.63) is 54.1 Å². The Bertz CT molecular complexity index is 693. The van der Waals surface area contributed by atoms with Crippen LogP contribution in [0, 0.1) is 5.82 Å². The summed E-state index contributed by atoms with van der Waals surface area (Å²) in [6.07, 6.45) is 2.38. The van der Waals surface area contributed by atoms with Crippen LogP contribution >= 0.6 is 0 Å². The fourth-order valence-corrected chi connectivity index (χ4v) is 2.50. The van der Waals surface area contributed by atoms with Gasteiger partial charge in [0.25, 0.3) is 0 Å². The number of hydrogen-bond donors (Lipinski definition) is 1. The molecule has 1 aliphatic rings. The van der Waals surface area contributed by atoms with Gasteiger partial charge in [-0.3, -0.25) is 9.78 Å². The van der Waals surface area contributed by atoms with Crippen molar-refractivity contribution < 1.29 is 13.9 Å². The number of anilines is 1. The zero-order valence-electron chi connectivity index (χ0n) is 12.8. The third-order valence-corrected chi connectivity index (χ3v) is 3.80. The highest BCUT2D eigenvalue weighted by Crippen LogP contribution is 2.24. The highest BCUT2D eigenvalue weighted by Gasteiger charge is 2.28. The van der Waals surface area contributed by atoms with Gasteiger partial charge in [-0.25, -0.2) is 4.39 Å². The Hall–Kier alpha value is -2.63. The Kier molecular flexibility index (Phi) is 4.41. The Morgan fingerprint density at radius 1 is 1.39 bits per heavy atom. The third kappa shape index (κ3) is 3.59. The monoisotopic (exact) mass is 315 g/mol. The van der Waals surface area contributed by atoms with Crippen LogP contribution < -0.4 is 10.1 Å². The van der Waals surface area contributed by atoms with Gasteiger partial charge in [-0.15, -0.1) is 0 Å². The lowest BCUT2D eigenvalue weighted by Crippen LogP contribution is -2.30. The highest BCUT2D eigenvalue weighted by molar-refractivity contribution is 5.86. The summed E-state index contributed by atoms with van der Waals surface area (Å²) in [5, 5.41) is 3.06. The van der Waals surface area contributed by atoms with E-state index in [4.69, 9.17) is 4.74 Å². The van der Waals surface area contributed by atoms with E-state index in [2.05, 4.69) is 10.3 Å². The van der Waals surface area contributed by atoms with E-state index in [1.54, 1.807) is 30.3 Å². The number of nitrogens with one attached hydrogen (secondary N) is 1. The van der Waals surface area contributed by atoms with Crippen molar-refractivity contribution in [3.63, 3.8) is 0 Å². The summed E-state index contributed by atoms with van der Waals surface area (Å²) in [5.41, 5.74) is 1.30. The predicted octanol–water partition coefficient (Wildman–Crippen LogP) is 2.44. The number of likely N-dealkylation sites (N-methyl/N-ethyl adjacent to an activating group) is 1. The zero-order chi connectivity index (χ0) is 16.2. The van der Waals surface area contributed by atoms with Crippen LogP contribution in [0.3, 0.4) is 0 Å². The molecule has 1 amide bonds.